The SMILES string of the molecule is COC(=O)CC[C@H](NC(=O)c1cc(Br)ccc1Br)C(=O)O. The molecular weight excluding hydrogens is 410 g/mol. The summed E-state index contributed by atoms with van der Waals surface area (Å²) in [5, 5.41) is 11.5. The third kappa shape index (κ3) is 5.47. The zero-order valence-electron chi connectivity index (χ0n) is 11.1. The Morgan fingerprint density at radius 1 is 1.33 bits per heavy atom. The Kier molecular flexibility index (Phi) is 6.83. The molecule has 0 heterocycles. The molecule has 114 valence electrons. The second kappa shape index (κ2) is 8.14. The number of ether oxygens (including phenoxy) is 1. The van der Waals surface area contributed by atoms with Crippen LogP contribution < -0.4 is 5.32 Å². The molecule has 8 heteroatoms. The third-order valence-corrected chi connectivity index (χ3v) is 3.83. The minimum Gasteiger partial charge on any atom is -0.480 e. The highest BCUT2D eigenvalue weighted by atomic mass is 79.9. The van der Waals surface area contributed by atoms with Crippen LogP contribution in [0.5, 0.6) is 0 Å². The largest absolute Gasteiger partial charge is 0.480 e. The van der Waals surface area contributed by atoms with Gasteiger partial charge in [0, 0.05) is 15.4 Å². The van der Waals surface area contributed by atoms with Crippen molar-refractivity contribution in [2.75, 3.05) is 7.11 Å². The van der Waals surface area contributed by atoms with Crippen molar-refractivity contribution >= 4 is 49.7 Å². The summed E-state index contributed by atoms with van der Waals surface area (Å²) in [7, 11) is 1.22. The van der Waals surface area contributed by atoms with E-state index in [1.54, 1.807) is 18.2 Å². The Balaban J connectivity index is 2.79. The summed E-state index contributed by atoms with van der Waals surface area (Å²) in [5.41, 5.74) is 0.300. The molecule has 0 fully saturated rings. The Labute approximate surface area is 138 Å². The fourth-order valence-corrected chi connectivity index (χ4v) is 2.32. The van der Waals surface area contributed by atoms with Crippen LogP contribution in [0, 0.1) is 0 Å². The predicted molar refractivity (Wildman–Crippen MR) is 82.0 cm³/mol. The first-order valence-corrected chi connectivity index (χ1v) is 7.49. The number of carboxylic acids is 1. The Morgan fingerprint density at radius 3 is 2.57 bits per heavy atom. The Hall–Kier alpha value is -1.41. The van der Waals surface area contributed by atoms with Crippen molar-refractivity contribution in [2.45, 2.75) is 18.9 Å². The van der Waals surface area contributed by atoms with E-state index in [9.17, 15) is 14.4 Å². The van der Waals surface area contributed by atoms with Crippen LogP contribution in [0.25, 0.3) is 0 Å². The van der Waals surface area contributed by atoms with Crippen molar-refractivity contribution in [1.29, 1.82) is 0 Å². The third-order valence-electron chi connectivity index (χ3n) is 2.64. The van der Waals surface area contributed by atoms with Gasteiger partial charge in [0.15, 0.2) is 0 Å². The molecule has 0 aliphatic rings. The van der Waals surface area contributed by atoms with Gasteiger partial charge in [0.1, 0.15) is 6.04 Å². The number of esters is 1. The number of carbonyl (C=O) groups excluding carboxylic acids is 2. The van der Waals surface area contributed by atoms with Crippen LogP contribution >= 0.6 is 31.9 Å². The summed E-state index contributed by atoms with van der Waals surface area (Å²) in [6.45, 7) is 0. The number of hydrogen-bond donors (Lipinski definition) is 2. The molecular formula is C13H13Br2NO5. The topological polar surface area (TPSA) is 92.7 Å². The molecule has 0 saturated heterocycles. The lowest BCUT2D eigenvalue weighted by Gasteiger charge is -2.14. The van der Waals surface area contributed by atoms with E-state index in [2.05, 4.69) is 41.9 Å². The zero-order chi connectivity index (χ0) is 16.0. The van der Waals surface area contributed by atoms with Crippen LogP contribution in [0.2, 0.25) is 0 Å². The first-order chi connectivity index (χ1) is 9.85. The first-order valence-electron chi connectivity index (χ1n) is 5.90. The lowest BCUT2D eigenvalue weighted by Crippen LogP contribution is -2.41. The van der Waals surface area contributed by atoms with Crippen LogP contribution in [0.15, 0.2) is 27.1 Å². The highest BCUT2D eigenvalue weighted by molar-refractivity contribution is 9.11. The van der Waals surface area contributed by atoms with Gasteiger partial charge in [-0.2, -0.15) is 0 Å². The molecule has 0 unspecified atom stereocenters. The van der Waals surface area contributed by atoms with Gasteiger partial charge in [0.25, 0.3) is 5.91 Å². The summed E-state index contributed by atoms with van der Waals surface area (Å²) in [4.78, 5) is 34.3. The van der Waals surface area contributed by atoms with Gasteiger partial charge in [-0.05, 0) is 40.5 Å². The number of aliphatic carboxylic acids is 1. The minimum absolute atomic E-state index is 0.0423. The lowest BCUT2D eigenvalue weighted by molar-refractivity contribution is -0.142. The quantitative estimate of drug-likeness (QED) is 0.686. The van der Waals surface area contributed by atoms with E-state index in [0.717, 1.165) is 0 Å². The highest BCUT2D eigenvalue weighted by Crippen LogP contribution is 2.21. The average molecular weight is 423 g/mol. The second-order valence-electron chi connectivity index (χ2n) is 4.10. The molecule has 21 heavy (non-hydrogen) atoms. The van der Waals surface area contributed by atoms with Gasteiger partial charge in [-0.25, -0.2) is 4.79 Å². The van der Waals surface area contributed by atoms with Gasteiger partial charge < -0.3 is 15.2 Å². The van der Waals surface area contributed by atoms with Crippen LogP contribution in [0.1, 0.15) is 23.2 Å². The van der Waals surface area contributed by atoms with Gasteiger partial charge in [-0.3, -0.25) is 9.59 Å². The smallest absolute Gasteiger partial charge is 0.326 e. The summed E-state index contributed by atoms with van der Waals surface area (Å²) in [6, 6.07) is 3.82. The number of nitrogens with one attached hydrogen (secondary N) is 1. The number of carbonyl (C=O) groups is 3. The maximum atomic E-state index is 12.1. The van der Waals surface area contributed by atoms with Crippen molar-refractivity contribution < 1.29 is 24.2 Å². The summed E-state index contributed by atoms with van der Waals surface area (Å²) in [5.74, 6) is -2.28. The molecule has 0 bridgehead atoms. The molecule has 0 radical (unpaired) electrons. The molecule has 1 atom stereocenters. The monoisotopic (exact) mass is 421 g/mol. The van der Waals surface area contributed by atoms with Gasteiger partial charge in [-0.1, -0.05) is 15.9 Å². The van der Waals surface area contributed by atoms with Crippen LogP contribution in [0.4, 0.5) is 0 Å². The Bertz CT molecular complexity index is 561. The number of hydrogen-bond acceptors (Lipinski definition) is 4. The minimum atomic E-state index is -1.21. The average Bonchev–Trinajstić information content (AvgIpc) is 2.44. The molecule has 0 aromatic heterocycles. The molecule has 6 nitrogen and oxygen atoms in total. The predicted octanol–water partition coefficient (Wildman–Crippen LogP) is 2.35. The molecule has 2 N–H and O–H groups in total. The van der Waals surface area contributed by atoms with Crippen molar-refractivity contribution in [3.63, 3.8) is 0 Å². The number of amides is 1. The fourth-order valence-electron chi connectivity index (χ4n) is 1.53. The normalized spacial score (nSPS) is 11.6. The van der Waals surface area contributed by atoms with E-state index in [-0.39, 0.29) is 12.8 Å². The molecule has 0 spiro atoms. The standard InChI is InChI=1S/C13H13Br2NO5/c1-21-11(17)5-4-10(13(19)20)16-12(18)8-6-7(14)2-3-9(8)15/h2-3,6,10H,4-5H2,1H3,(H,16,18)(H,19,20)/t10-/m0/s1. The summed E-state index contributed by atoms with van der Waals surface area (Å²) < 4.78 is 5.68. The molecule has 0 saturated carbocycles. The van der Waals surface area contributed by atoms with Crippen molar-refractivity contribution in [3.05, 3.63) is 32.7 Å². The molecule has 1 aromatic carbocycles. The summed E-state index contributed by atoms with van der Waals surface area (Å²) in [6.07, 6.45) is -0.132. The van der Waals surface area contributed by atoms with E-state index in [4.69, 9.17) is 5.11 Å². The maximum absolute atomic E-state index is 12.1. The lowest BCUT2D eigenvalue weighted by atomic mass is 10.1. The molecule has 1 aromatic rings. The van der Waals surface area contributed by atoms with Crippen molar-refractivity contribution in [2.24, 2.45) is 0 Å². The number of rotatable bonds is 6. The molecule has 1 rings (SSSR count). The maximum Gasteiger partial charge on any atom is 0.326 e. The zero-order valence-corrected chi connectivity index (χ0v) is 14.2. The van der Waals surface area contributed by atoms with Gasteiger partial charge >= 0.3 is 11.9 Å². The number of methoxy groups -OCH3 is 1. The van der Waals surface area contributed by atoms with Crippen molar-refractivity contribution in [1.82, 2.24) is 5.32 Å². The van der Waals surface area contributed by atoms with Gasteiger partial charge in [0.2, 0.25) is 0 Å². The van der Waals surface area contributed by atoms with E-state index < -0.39 is 23.9 Å². The number of halogens is 2. The van der Waals surface area contributed by atoms with Gasteiger partial charge in [-0.15, -0.1) is 0 Å². The van der Waals surface area contributed by atoms with Crippen LogP contribution in [-0.4, -0.2) is 36.1 Å². The van der Waals surface area contributed by atoms with Crippen molar-refractivity contribution in [3.8, 4) is 0 Å². The number of benzene rings is 1. The van der Waals surface area contributed by atoms with Gasteiger partial charge in [0.05, 0.1) is 12.7 Å². The van der Waals surface area contributed by atoms with E-state index in [1.165, 1.54) is 7.11 Å². The molecule has 0 aliphatic carbocycles. The first kappa shape index (κ1) is 17.6. The molecule has 1 amide bonds. The van der Waals surface area contributed by atoms with E-state index >= 15 is 0 Å². The van der Waals surface area contributed by atoms with Crippen LogP contribution in [0.3, 0.4) is 0 Å². The van der Waals surface area contributed by atoms with E-state index in [1.807, 2.05) is 0 Å². The van der Waals surface area contributed by atoms with Crippen LogP contribution in [-0.2, 0) is 14.3 Å². The fraction of sp³-hybridized carbons (Fsp3) is 0.308. The second-order valence-corrected chi connectivity index (χ2v) is 5.87. The Morgan fingerprint density at radius 2 is 2.00 bits per heavy atom. The summed E-state index contributed by atoms with van der Waals surface area (Å²) >= 11 is 6.47. The van der Waals surface area contributed by atoms with E-state index in [0.29, 0.717) is 14.5 Å². The number of carboxylic acid groups (broad SMARTS) is 1. The highest BCUT2D eigenvalue weighted by Gasteiger charge is 2.22. The molecule has 0 aliphatic heterocycles.